The fourth-order valence-electron chi connectivity index (χ4n) is 1.58. The van der Waals surface area contributed by atoms with Crippen LogP contribution in [0.25, 0.3) is 0 Å². The highest BCUT2D eigenvalue weighted by molar-refractivity contribution is 5.77. The summed E-state index contributed by atoms with van der Waals surface area (Å²) in [4.78, 5) is 22.3. The van der Waals surface area contributed by atoms with Gasteiger partial charge in [-0.1, -0.05) is 0 Å². The van der Waals surface area contributed by atoms with Gasteiger partial charge in [-0.25, -0.2) is 4.79 Å². The molecule has 92 valence electrons. The summed E-state index contributed by atoms with van der Waals surface area (Å²) in [6.07, 6.45) is 0.0170. The second-order valence-corrected chi connectivity index (χ2v) is 4.81. The first-order valence-electron chi connectivity index (χ1n) is 5.25. The molecule has 0 spiro atoms. The normalized spacial score (nSPS) is 25.2. The lowest BCUT2D eigenvalue weighted by Gasteiger charge is -2.23. The maximum absolute atomic E-state index is 11.4. The van der Waals surface area contributed by atoms with Crippen molar-refractivity contribution < 1.29 is 19.4 Å². The lowest BCUT2D eigenvalue weighted by molar-refractivity contribution is -0.139. The first-order chi connectivity index (χ1) is 7.29. The van der Waals surface area contributed by atoms with Crippen molar-refractivity contribution in [2.45, 2.75) is 44.9 Å². The molecule has 1 rings (SSSR count). The minimum atomic E-state index is -0.960. The van der Waals surface area contributed by atoms with Crippen molar-refractivity contribution in [1.82, 2.24) is 10.6 Å². The van der Waals surface area contributed by atoms with Crippen molar-refractivity contribution >= 4 is 12.1 Å². The average molecular weight is 230 g/mol. The second-order valence-electron chi connectivity index (χ2n) is 4.81. The first kappa shape index (κ1) is 12.8. The van der Waals surface area contributed by atoms with Gasteiger partial charge in [0.05, 0.1) is 6.04 Å². The van der Waals surface area contributed by atoms with Crippen molar-refractivity contribution in [2.24, 2.45) is 0 Å². The summed E-state index contributed by atoms with van der Waals surface area (Å²) in [7, 11) is 0. The molecule has 0 bridgehead atoms. The van der Waals surface area contributed by atoms with E-state index in [4.69, 9.17) is 9.84 Å². The van der Waals surface area contributed by atoms with Gasteiger partial charge in [0, 0.05) is 0 Å². The summed E-state index contributed by atoms with van der Waals surface area (Å²) in [6.45, 7) is 5.86. The summed E-state index contributed by atoms with van der Waals surface area (Å²) < 4.78 is 5.06. The molecule has 3 N–H and O–H groups in total. The number of carboxylic acid groups (broad SMARTS) is 1. The Morgan fingerprint density at radius 1 is 1.44 bits per heavy atom. The highest BCUT2D eigenvalue weighted by atomic mass is 16.6. The molecule has 1 fully saturated rings. The van der Waals surface area contributed by atoms with E-state index in [1.807, 2.05) is 0 Å². The Kier molecular flexibility index (Phi) is 3.74. The number of aliphatic carboxylic acids is 1. The van der Waals surface area contributed by atoms with Crippen LogP contribution in [-0.2, 0) is 9.53 Å². The maximum Gasteiger partial charge on any atom is 0.407 e. The molecule has 2 atom stereocenters. The smallest absolute Gasteiger partial charge is 0.407 e. The lowest BCUT2D eigenvalue weighted by atomic mass is 10.1. The largest absolute Gasteiger partial charge is 0.480 e. The van der Waals surface area contributed by atoms with Gasteiger partial charge in [-0.15, -0.1) is 0 Å². The van der Waals surface area contributed by atoms with Gasteiger partial charge >= 0.3 is 12.1 Å². The van der Waals surface area contributed by atoms with Crippen LogP contribution in [0, 0.1) is 0 Å². The van der Waals surface area contributed by atoms with Crippen LogP contribution in [0.15, 0.2) is 0 Å². The first-order valence-corrected chi connectivity index (χ1v) is 5.25. The summed E-state index contributed by atoms with van der Waals surface area (Å²) in [6, 6.07) is -1.14. The van der Waals surface area contributed by atoms with Crippen LogP contribution >= 0.6 is 0 Å². The molecule has 0 aromatic carbocycles. The molecule has 0 saturated carbocycles. The Hall–Kier alpha value is -1.30. The summed E-state index contributed by atoms with van der Waals surface area (Å²) in [5.41, 5.74) is -0.575. The van der Waals surface area contributed by atoms with Crippen molar-refractivity contribution in [3.8, 4) is 0 Å². The number of hydrogen-bond acceptors (Lipinski definition) is 4. The molecular formula is C10H18N2O4. The number of carbonyl (C=O) groups is 2. The van der Waals surface area contributed by atoms with Crippen LogP contribution in [0.4, 0.5) is 4.79 Å². The zero-order chi connectivity index (χ0) is 12.3. The van der Waals surface area contributed by atoms with Crippen LogP contribution in [0.5, 0.6) is 0 Å². The maximum atomic E-state index is 11.4. The van der Waals surface area contributed by atoms with Gasteiger partial charge in [0.2, 0.25) is 0 Å². The van der Waals surface area contributed by atoms with Crippen LogP contribution in [0.1, 0.15) is 27.2 Å². The Bertz CT molecular complexity index is 285. The monoisotopic (exact) mass is 230 g/mol. The number of carboxylic acids is 1. The average Bonchev–Trinajstić information content (AvgIpc) is 2.47. The van der Waals surface area contributed by atoms with Gasteiger partial charge in [0.1, 0.15) is 11.6 Å². The Morgan fingerprint density at radius 2 is 2.06 bits per heavy atom. The van der Waals surface area contributed by atoms with Crippen molar-refractivity contribution in [3.63, 3.8) is 0 Å². The van der Waals surface area contributed by atoms with Crippen LogP contribution < -0.4 is 10.6 Å². The third-order valence-corrected chi connectivity index (χ3v) is 2.19. The molecule has 0 aliphatic carbocycles. The third kappa shape index (κ3) is 3.69. The van der Waals surface area contributed by atoms with E-state index >= 15 is 0 Å². The van der Waals surface area contributed by atoms with E-state index in [1.54, 1.807) is 20.8 Å². The highest BCUT2D eigenvalue weighted by Gasteiger charge is 2.34. The number of ether oxygens (including phenoxy) is 1. The van der Waals surface area contributed by atoms with E-state index in [9.17, 15) is 9.59 Å². The number of hydrogen-bond donors (Lipinski definition) is 3. The van der Waals surface area contributed by atoms with E-state index < -0.39 is 29.7 Å². The summed E-state index contributed by atoms with van der Waals surface area (Å²) in [5.74, 6) is -0.960. The lowest BCUT2D eigenvalue weighted by Crippen LogP contribution is -2.49. The van der Waals surface area contributed by atoms with Crippen LogP contribution in [0.2, 0.25) is 0 Å². The van der Waals surface area contributed by atoms with Gasteiger partial charge in [0.15, 0.2) is 0 Å². The molecule has 1 aliphatic heterocycles. The Balaban J connectivity index is 2.47. The summed E-state index contributed by atoms with van der Waals surface area (Å²) in [5, 5.41) is 14.2. The third-order valence-electron chi connectivity index (χ3n) is 2.19. The molecule has 1 saturated heterocycles. The molecule has 1 amide bonds. The van der Waals surface area contributed by atoms with E-state index in [0.29, 0.717) is 13.0 Å². The number of amides is 1. The van der Waals surface area contributed by atoms with Crippen molar-refractivity contribution in [1.29, 1.82) is 0 Å². The standard InChI is InChI=1S/C10H18N2O4/c1-10(2,3)16-9(15)12-6-4-5-11-7(6)8(13)14/h6-7,11H,4-5H2,1-3H3,(H,12,15)(H,13,14)/t6-,7+/m1/s1. The topological polar surface area (TPSA) is 87.7 Å². The SMILES string of the molecule is CC(C)(C)OC(=O)N[C@@H]1CCN[C@@H]1C(=O)O. The molecule has 6 heteroatoms. The van der Waals surface area contributed by atoms with Gasteiger partial charge in [-0.2, -0.15) is 0 Å². The molecule has 1 heterocycles. The quantitative estimate of drug-likeness (QED) is 0.636. The summed E-state index contributed by atoms with van der Waals surface area (Å²) >= 11 is 0. The van der Waals surface area contributed by atoms with Crippen LogP contribution in [0.3, 0.4) is 0 Å². The van der Waals surface area contributed by atoms with Gasteiger partial charge in [0.25, 0.3) is 0 Å². The zero-order valence-corrected chi connectivity index (χ0v) is 9.74. The molecule has 0 unspecified atom stereocenters. The van der Waals surface area contributed by atoms with E-state index in [0.717, 1.165) is 0 Å². The molecular weight excluding hydrogens is 212 g/mol. The minimum absolute atomic E-state index is 0.410. The van der Waals surface area contributed by atoms with Gasteiger partial charge in [-0.05, 0) is 33.7 Å². The zero-order valence-electron chi connectivity index (χ0n) is 9.74. The predicted molar refractivity (Wildman–Crippen MR) is 57.2 cm³/mol. The molecule has 1 aliphatic rings. The van der Waals surface area contributed by atoms with E-state index in [2.05, 4.69) is 10.6 Å². The van der Waals surface area contributed by atoms with Gasteiger partial charge < -0.3 is 20.5 Å². The van der Waals surface area contributed by atoms with Crippen LogP contribution in [-0.4, -0.2) is 41.4 Å². The highest BCUT2D eigenvalue weighted by Crippen LogP contribution is 2.10. The predicted octanol–water partition coefficient (Wildman–Crippen LogP) is 0.326. The molecule has 0 aromatic rings. The van der Waals surface area contributed by atoms with Crippen molar-refractivity contribution in [3.05, 3.63) is 0 Å². The van der Waals surface area contributed by atoms with E-state index in [-0.39, 0.29) is 0 Å². The molecule has 16 heavy (non-hydrogen) atoms. The fourth-order valence-corrected chi connectivity index (χ4v) is 1.58. The number of nitrogens with one attached hydrogen (secondary N) is 2. The number of alkyl carbamates (subject to hydrolysis) is 1. The second kappa shape index (κ2) is 4.69. The number of rotatable bonds is 2. The fraction of sp³-hybridized carbons (Fsp3) is 0.800. The minimum Gasteiger partial charge on any atom is -0.480 e. The molecule has 0 aromatic heterocycles. The molecule has 0 radical (unpaired) electrons. The Labute approximate surface area is 94.3 Å². The van der Waals surface area contributed by atoms with E-state index in [1.165, 1.54) is 0 Å². The Morgan fingerprint density at radius 3 is 2.56 bits per heavy atom. The van der Waals surface area contributed by atoms with Gasteiger partial charge in [-0.3, -0.25) is 4.79 Å². The number of carbonyl (C=O) groups excluding carboxylic acids is 1. The molecule has 6 nitrogen and oxygen atoms in total. The van der Waals surface area contributed by atoms with Crippen molar-refractivity contribution in [2.75, 3.05) is 6.54 Å².